The van der Waals surface area contributed by atoms with E-state index in [4.69, 9.17) is 5.53 Å². The van der Waals surface area contributed by atoms with Crippen LogP contribution in [0, 0.1) is 22.0 Å². The van der Waals surface area contributed by atoms with Crippen LogP contribution in [-0.2, 0) is 6.18 Å². The van der Waals surface area contributed by atoms with Crippen LogP contribution in [0.1, 0.15) is 11.1 Å². The monoisotopic (exact) mass is 270 g/mol. The molecule has 0 aromatic heterocycles. The normalized spacial score (nSPS) is 10.1. The van der Waals surface area contributed by atoms with Crippen molar-refractivity contribution < 1.29 is 18.1 Å². The highest BCUT2D eigenvalue weighted by molar-refractivity contribution is 5.50. The van der Waals surface area contributed by atoms with Gasteiger partial charge < -0.3 is 0 Å². The Hall–Kier alpha value is -2.72. The number of azide groups is 1. The molecular formula is C10H5F3N4O2. The maximum atomic E-state index is 12.5. The van der Waals surface area contributed by atoms with E-state index >= 15 is 0 Å². The summed E-state index contributed by atoms with van der Waals surface area (Å²) in [7, 11) is 0. The van der Waals surface area contributed by atoms with Crippen molar-refractivity contribution in [1.82, 2.24) is 0 Å². The van der Waals surface area contributed by atoms with E-state index in [0.29, 0.717) is 6.07 Å². The molecule has 0 atom stereocenters. The van der Waals surface area contributed by atoms with Gasteiger partial charge in [0.2, 0.25) is 0 Å². The molecule has 0 heterocycles. The van der Waals surface area contributed by atoms with Crippen LogP contribution in [0.25, 0.3) is 10.4 Å². The largest absolute Gasteiger partial charge is 0.422 e. The quantitative estimate of drug-likeness (QED) is 0.206. The highest BCUT2D eigenvalue weighted by Gasteiger charge is 2.38. The summed E-state index contributed by atoms with van der Waals surface area (Å²) in [5.41, 5.74) is 5.62. The van der Waals surface area contributed by atoms with Crippen LogP contribution in [0.5, 0.6) is 0 Å². The lowest BCUT2D eigenvalue weighted by atomic mass is 10.1. The first-order valence-electron chi connectivity index (χ1n) is 4.71. The van der Waals surface area contributed by atoms with Gasteiger partial charge in [0, 0.05) is 16.5 Å². The highest BCUT2D eigenvalue weighted by Crippen LogP contribution is 2.36. The van der Waals surface area contributed by atoms with Crippen molar-refractivity contribution >= 4 is 5.69 Å². The number of nitrogens with zero attached hydrogens (tertiary/aromatic N) is 4. The van der Waals surface area contributed by atoms with Gasteiger partial charge in [-0.05, 0) is 17.7 Å². The first kappa shape index (κ1) is 14.3. The molecule has 0 saturated heterocycles. The maximum Gasteiger partial charge on any atom is 0.422 e. The fraction of sp³-hybridized carbons (Fsp3) is 0.200. The van der Waals surface area contributed by atoms with Gasteiger partial charge in [-0.1, -0.05) is 17.0 Å². The molecule has 0 spiro atoms. The number of hydrogen-bond donors (Lipinski definition) is 0. The van der Waals surface area contributed by atoms with Crippen LogP contribution in [0.15, 0.2) is 23.3 Å². The van der Waals surface area contributed by atoms with Crippen molar-refractivity contribution in [2.24, 2.45) is 5.11 Å². The summed E-state index contributed by atoms with van der Waals surface area (Å²) in [4.78, 5) is 11.9. The molecule has 0 aliphatic carbocycles. The fourth-order valence-corrected chi connectivity index (χ4v) is 1.21. The van der Waals surface area contributed by atoms with E-state index in [-0.39, 0.29) is 12.1 Å². The van der Waals surface area contributed by atoms with Crippen molar-refractivity contribution in [3.8, 4) is 11.8 Å². The van der Waals surface area contributed by atoms with Crippen LogP contribution in [0.3, 0.4) is 0 Å². The Labute approximate surface area is 104 Å². The Kier molecular flexibility index (Phi) is 4.34. The molecule has 0 aliphatic heterocycles. The number of hydrogen-bond acceptors (Lipinski definition) is 3. The summed E-state index contributed by atoms with van der Waals surface area (Å²) in [6, 6.07) is 2.33. The molecule has 0 saturated carbocycles. The molecule has 1 aromatic carbocycles. The van der Waals surface area contributed by atoms with Crippen molar-refractivity contribution in [2.45, 2.75) is 6.18 Å². The number of halogens is 3. The van der Waals surface area contributed by atoms with Crippen LogP contribution in [0.2, 0.25) is 0 Å². The lowest BCUT2D eigenvalue weighted by Gasteiger charge is -2.07. The van der Waals surface area contributed by atoms with Gasteiger partial charge in [0.25, 0.3) is 5.69 Å². The second-order valence-electron chi connectivity index (χ2n) is 3.18. The standard InChI is InChI=1S/C10H5F3N4O2/c11-10(12,13)8-4-3-7(2-1-5-15-16-14)6-9(8)17(18)19/h3-4,6H,5H2. The van der Waals surface area contributed by atoms with E-state index in [9.17, 15) is 23.3 Å². The van der Waals surface area contributed by atoms with E-state index in [1.165, 1.54) is 0 Å². The predicted octanol–water partition coefficient (Wildman–Crippen LogP) is 3.28. The Morgan fingerprint density at radius 1 is 1.47 bits per heavy atom. The molecule has 98 valence electrons. The van der Waals surface area contributed by atoms with Crippen LogP contribution < -0.4 is 0 Å². The van der Waals surface area contributed by atoms with E-state index in [1.54, 1.807) is 0 Å². The first-order chi connectivity index (χ1) is 8.86. The van der Waals surface area contributed by atoms with Gasteiger partial charge in [0.05, 0.1) is 11.5 Å². The third-order valence-corrected chi connectivity index (χ3v) is 1.95. The molecule has 0 aliphatic rings. The number of nitro benzene ring substituents is 1. The minimum absolute atomic E-state index is 0.0350. The van der Waals surface area contributed by atoms with E-state index in [0.717, 1.165) is 12.1 Å². The van der Waals surface area contributed by atoms with Crippen LogP contribution in [-0.4, -0.2) is 11.5 Å². The van der Waals surface area contributed by atoms with Crippen molar-refractivity contribution in [3.63, 3.8) is 0 Å². The first-order valence-corrected chi connectivity index (χ1v) is 4.71. The van der Waals surface area contributed by atoms with Crippen molar-refractivity contribution in [2.75, 3.05) is 6.54 Å². The lowest BCUT2D eigenvalue weighted by molar-refractivity contribution is -0.388. The third kappa shape index (κ3) is 3.90. The van der Waals surface area contributed by atoms with Crippen molar-refractivity contribution in [3.05, 3.63) is 49.9 Å². The third-order valence-electron chi connectivity index (χ3n) is 1.95. The molecule has 0 unspecified atom stereocenters. The zero-order valence-electron chi connectivity index (χ0n) is 9.18. The summed E-state index contributed by atoms with van der Waals surface area (Å²) < 4.78 is 37.5. The van der Waals surface area contributed by atoms with Gasteiger partial charge in [0.1, 0.15) is 5.56 Å². The van der Waals surface area contributed by atoms with Gasteiger partial charge in [-0.25, -0.2) is 0 Å². The second kappa shape index (κ2) is 5.75. The molecule has 0 fully saturated rings. The average molecular weight is 270 g/mol. The number of nitro groups is 1. The molecule has 0 N–H and O–H groups in total. The Morgan fingerprint density at radius 2 is 2.16 bits per heavy atom. The fourth-order valence-electron chi connectivity index (χ4n) is 1.21. The Balaban J connectivity index is 3.19. The summed E-state index contributed by atoms with van der Waals surface area (Å²) in [6.07, 6.45) is -4.81. The average Bonchev–Trinajstić information content (AvgIpc) is 2.33. The Bertz CT molecular complexity index is 609. The summed E-state index contributed by atoms with van der Waals surface area (Å²) in [6.45, 7) is -0.175. The number of benzene rings is 1. The summed E-state index contributed by atoms with van der Waals surface area (Å²) >= 11 is 0. The maximum absolute atomic E-state index is 12.5. The van der Waals surface area contributed by atoms with Crippen LogP contribution in [0.4, 0.5) is 18.9 Å². The van der Waals surface area contributed by atoms with E-state index < -0.39 is 22.4 Å². The zero-order chi connectivity index (χ0) is 14.5. The Morgan fingerprint density at radius 3 is 2.68 bits per heavy atom. The molecule has 1 aromatic rings. The smallest absolute Gasteiger partial charge is 0.258 e. The zero-order valence-corrected chi connectivity index (χ0v) is 9.18. The van der Waals surface area contributed by atoms with Gasteiger partial charge in [0.15, 0.2) is 0 Å². The molecule has 0 radical (unpaired) electrons. The summed E-state index contributed by atoms with van der Waals surface area (Å²) in [5.74, 6) is 4.72. The van der Waals surface area contributed by atoms with Gasteiger partial charge in [-0.15, -0.1) is 0 Å². The molecule has 1 rings (SSSR count). The summed E-state index contributed by atoms with van der Waals surface area (Å²) in [5, 5.41) is 13.7. The van der Waals surface area contributed by atoms with Crippen molar-refractivity contribution in [1.29, 1.82) is 0 Å². The molecule has 19 heavy (non-hydrogen) atoms. The number of rotatable bonds is 2. The minimum Gasteiger partial charge on any atom is -0.258 e. The SMILES string of the molecule is [N-]=[N+]=NCC#Cc1ccc(C(F)(F)F)c([N+](=O)[O-])c1. The molecule has 0 amide bonds. The molecule has 0 bridgehead atoms. The molecule has 9 heteroatoms. The topological polar surface area (TPSA) is 91.9 Å². The number of alkyl halides is 3. The van der Waals surface area contributed by atoms with Gasteiger partial charge in [-0.2, -0.15) is 13.2 Å². The van der Waals surface area contributed by atoms with Gasteiger partial charge >= 0.3 is 6.18 Å². The van der Waals surface area contributed by atoms with Crippen LogP contribution >= 0.6 is 0 Å². The second-order valence-corrected chi connectivity index (χ2v) is 3.18. The van der Waals surface area contributed by atoms with E-state index in [1.807, 2.05) is 0 Å². The minimum atomic E-state index is -4.81. The van der Waals surface area contributed by atoms with Gasteiger partial charge in [-0.3, -0.25) is 10.1 Å². The molecular weight excluding hydrogens is 265 g/mol. The molecule has 6 nitrogen and oxygen atoms in total. The lowest BCUT2D eigenvalue weighted by Crippen LogP contribution is -2.08. The van der Waals surface area contributed by atoms with E-state index in [2.05, 4.69) is 21.9 Å². The highest BCUT2D eigenvalue weighted by atomic mass is 19.4. The predicted molar refractivity (Wildman–Crippen MR) is 59.0 cm³/mol.